The molecule has 0 spiro atoms. The molecule has 2 aromatic carbocycles. The molecule has 0 aliphatic heterocycles. The van der Waals surface area contributed by atoms with Crippen molar-refractivity contribution in [2.45, 2.75) is 18.4 Å². The first-order valence-electron chi connectivity index (χ1n) is 8.18. The number of benzene rings is 2. The lowest BCUT2D eigenvalue weighted by molar-refractivity contribution is 0.555. The Balaban J connectivity index is 2.32. The van der Waals surface area contributed by atoms with Crippen LogP contribution in [-0.4, -0.2) is 19.5 Å². The van der Waals surface area contributed by atoms with E-state index in [-0.39, 0.29) is 23.8 Å². The van der Waals surface area contributed by atoms with E-state index in [0.29, 0.717) is 27.7 Å². The van der Waals surface area contributed by atoms with Crippen LogP contribution in [0.5, 0.6) is 0 Å². The average molecular weight is 391 g/mol. The fraction of sp³-hybridized carbons (Fsp3) is 0.158. The number of hydrogen-bond acceptors (Lipinski definition) is 3. The predicted octanol–water partition coefficient (Wildman–Crippen LogP) is 3.22. The Morgan fingerprint density at radius 1 is 1.19 bits per heavy atom. The normalized spacial score (nSPS) is 12.7. The van der Waals surface area contributed by atoms with Crippen LogP contribution in [0.25, 0.3) is 22.0 Å². The molecule has 0 fully saturated rings. The van der Waals surface area contributed by atoms with Crippen LogP contribution in [0.15, 0.2) is 59.3 Å². The van der Waals surface area contributed by atoms with E-state index in [0.717, 1.165) is 0 Å². The van der Waals surface area contributed by atoms with Crippen molar-refractivity contribution in [1.82, 2.24) is 4.57 Å². The molecule has 27 heavy (non-hydrogen) atoms. The van der Waals surface area contributed by atoms with Gasteiger partial charge in [0.2, 0.25) is 10.0 Å². The summed E-state index contributed by atoms with van der Waals surface area (Å²) < 4.78 is 52.7. The highest BCUT2D eigenvalue weighted by atomic mass is 32.2. The monoisotopic (exact) mass is 391 g/mol. The van der Waals surface area contributed by atoms with Crippen molar-refractivity contribution in [2.24, 2.45) is 10.9 Å². The molecule has 0 aliphatic rings. The van der Waals surface area contributed by atoms with E-state index >= 15 is 0 Å². The minimum Gasteiger partial charge on any atom is -0.337 e. The van der Waals surface area contributed by atoms with E-state index in [9.17, 15) is 17.2 Å². The molecule has 0 saturated carbocycles. The molecule has 0 saturated heterocycles. The number of fused-ring (bicyclic) bond motifs is 1. The molecule has 3 aromatic rings. The molecule has 0 amide bonds. The third-order valence-corrected chi connectivity index (χ3v) is 5.32. The van der Waals surface area contributed by atoms with Gasteiger partial charge in [-0.05, 0) is 48.9 Å². The van der Waals surface area contributed by atoms with Crippen molar-refractivity contribution in [1.29, 1.82) is 0 Å². The van der Waals surface area contributed by atoms with Gasteiger partial charge in [-0.1, -0.05) is 12.1 Å². The highest BCUT2D eigenvalue weighted by Gasteiger charge is 2.19. The van der Waals surface area contributed by atoms with Gasteiger partial charge in [-0.25, -0.2) is 22.3 Å². The summed E-state index contributed by atoms with van der Waals surface area (Å²) in [6.07, 6.45) is 1.28. The van der Waals surface area contributed by atoms with Crippen molar-refractivity contribution >= 4 is 20.9 Å². The highest BCUT2D eigenvalue weighted by molar-refractivity contribution is 7.89. The van der Waals surface area contributed by atoms with Gasteiger partial charge in [0.1, 0.15) is 11.6 Å². The van der Waals surface area contributed by atoms with E-state index < -0.39 is 15.9 Å². The van der Waals surface area contributed by atoms with Gasteiger partial charge in [0.05, 0.1) is 11.4 Å². The number of sulfonamides is 1. The Bertz CT molecular complexity index is 1130. The molecule has 0 unspecified atom stereocenters. The maximum absolute atomic E-state index is 14.1. The molecule has 4 N–H and O–H groups in total. The molecule has 0 radical (unpaired) electrons. The van der Waals surface area contributed by atoms with Gasteiger partial charge in [-0.2, -0.15) is 0 Å². The van der Waals surface area contributed by atoms with Crippen LogP contribution in [-0.2, 0) is 16.6 Å². The quantitative estimate of drug-likeness (QED) is 0.700. The van der Waals surface area contributed by atoms with E-state index in [2.05, 4.69) is 0 Å². The fourth-order valence-corrected chi connectivity index (χ4v) is 3.71. The number of allylic oxidation sites excluding steroid dienone is 1. The highest BCUT2D eigenvalue weighted by Crippen LogP contribution is 2.36. The third kappa shape index (κ3) is 3.78. The minimum atomic E-state index is -3.91. The topological polar surface area (TPSA) is 91.1 Å². The minimum absolute atomic E-state index is 0.0462. The van der Waals surface area contributed by atoms with Crippen LogP contribution in [0, 0.1) is 12.7 Å². The first kappa shape index (κ1) is 19.2. The van der Waals surface area contributed by atoms with Gasteiger partial charge in [-0.15, -0.1) is 0 Å². The SMILES string of the molecule is Cc1c(-c2ccc(F)cc2)c2cc(S(N)(=O)=O)ccc2n1CC(F)=CCN. The van der Waals surface area contributed by atoms with E-state index in [1.807, 2.05) is 0 Å². The van der Waals surface area contributed by atoms with Crippen molar-refractivity contribution < 1.29 is 17.2 Å². The number of rotatable bonds is 5. The van der Waals surface area contributed by atoms with Crippen LogP contribution in [0.3, 0.4) is 0 Å². The maximum atomic E-state index is 14.1. The molecule has 1 aromatic heterocycles. The zero-order valence-corrected chi connectivity index (χ0v) is 15.4. The van der Waals surface area contributed by atoms with E-state index in [1.165, 1.54) is 30.3 Å². The second-order valence-corrected chi connectivity index (χ2v) is 7.73. The molecule has 8 heteroatoms. The summed E-state index contributed by atoms with van der Waals surface area (Å²) in [5, 5.41) is 5.84. The molecular formula is C19H19F2N3O2S. The Morgan fingerprint density at radius 3 is 2.44 bits per heavy atom. The summed E-state index contributed by atoms with van der Waals surface area (Å²) in [5.41, 5.74) is 8.10. The summed E-state index contributed by atoms with van der Waals surface area (Å²) in [6.45, 7) is 1.82. The zero-order valence-electron chi connectivity index (χ0n) is 14.6. The van der Waals surface area contributed by atoms with Gasteiger partial charge in [0.15, 0.2) is 0 Å². The molecule has 0 aliphatic carbocycles. The summed E-state index contributed by atoms with van der Waals surface area (Å²) >= 11 is 0. The van der Waals surface area contributed by atoms with E-state index in [1.54, 1.807) is 29.7 Å². The molecule has 1 heterocycles. The van der Waals surface area contributed by atoms with Gasteiger partial charge in [-0.3, -0.25) is 0 Å². The first-order chi connectivity index (χ1) is 12.7. The lowest BCUT2D eigenvalue weighted by Crippen LogP contribution is -2.11. The fourth-order valence-electron chi connectivity index (χ4n) is 3.17. The number of nitrogens with zero attached hydrogens (tertiary/aromatic N) is 1. The lowest BCUT2D eigenvalue weighted by Gasteiger charge is -2.08. The maximum Gasteiger partial charge on any atom is 0.238 e. The van der Waals surface area contributed by atoms with Crippen LogP contribution in [0.2, 0.25) is 0 Å². The molecular weight excluding hydrogens is 372 g/mol. The number of halogens is 2. The van der Waals surface area contributed by atoms with E-state index in [4.69, 9.17) is 10.9 Å². The van der Waals surface area contributed by atoms with Crippen LogP contribution < -0.4 is 10.9 Å². The summed E-state index contributed by atoms with van der Waals surface area (Å²) in [6, 6.07) is 10.2. The van der Waals surface area contributed by atoms with Gasteiger partial charge in [0.25, 0.3) is 0 Å². The van der Waals surface area contributed by atoms with Gasteiger partial charge in [0, 0.05) is 28.7 Å². The predicted molar refractivity (Wildman–Crippen MR) is 102 cm³/mol. The van der Waals surface area contributed by atoms with Crippen molar-refractivity contribution in [3.63, 3.8) is 0 Å². The van der Waals surface area contributed by atoms with Crippen molar-refractivity contribution in [2.75, 3.05) is 6.54 Å². The van der Waals surface area contributed by atoms with Crippen molar-refractivity contribution in [3.8, 4) is 11.1 Å². The zero-order chi connectivity index (χ0) is 19.8. The number of aromatic nitrogens is 1. The number of hydrogen-bond donors (Lipinski definition) is 2. The summed E-state index contributed by atoms with van der Waals surface area (Å²) in [7, 11) is -3.91. The van der Waals surface area contributed by atoms with Crippen LogP contribution in [0.1, 0.15) is 5.69 Å². The van der Waals surface area contributed by atoms with Gasteiger partial charge < -0.3 is 10.3 Å². The third-order valence-electron chi connectivity index (χ3n) is 4.40. The Labute approximate surface area is 155 Å². The summed E-state index contributed by atoms with van der Waals surface area (Å²) in [5.74, 6) is -0.791. The Kier molecular flexibility index (Phi) is 5.14. The second-order valence-electron chi connectivity index (χ2n) is 6.16. The second kappa shape index (κ2) is 7.22. The summed E-state index contributed by atoms with van der Waals surface area (Å²) in [4.78, 5) is -0.0477. The van der Waals surface area contributed by atoms with Crippen LogP contribution in [0.4, 0.5) is 8.78 Å². The molecule has 0 bridgehead atoms. The average Bonchev–Trinajstić information content (AvgIpc) is 2.87. The molecule has 5 nitrogen and oxygen atoms in total. The van der Waals surface area contributed by atoms with Gasteiger partial charge >= 0.3 is 0 Å². The smallest absolute Gasteiger partial charge is 0.238 e. The first-order valence-corrected chi connectivity index (χ1v) is 9.73. The molecule has 0 atom stereocenters. The van der Waals surface area contributed by atoms with Crippen molar-refractivity contribution in [3.05, 3.63) is 65.9 Å². The molecule has 3 rings (SSSR count). The Hall–Kier alpha value is -2.55. The number of nitrogens with two attached hydrogens (primary N) is 2. The standard InChI is InChI=1S/C19H19F2N3O2S/c1-12-19(13-2-4-14(20)5-3-13)17-10-16(27(23,25)26)6-7-18(17)24(12)11-15(21)8-9-22/h2-8,10H,9,11,22H2,1H3,(H2,23,25,26). The lowest BCUT2D eigenvalue weighted by atomic mass is 10.0. The Morgan fingerprint density at radius 2 is 1.85 bits per heavy atom. The number of primary sulfonamides is 1. The largest absolute Gasteiger partial charge is 0.337 e. The molecule has 142 valence electrons. The van der Waals surface area contributed by atoms with Crippen LogP contribution >= 0.6 is 0 Å².